The summed E-state index contributed by atoms with van der Waals surface area (Å²) in [5.74, 6) is -0.236. The molecule has 0 spiro atoms. The van der Waals surface area contributed by atoms with Crippen LogP contribution in [0.3, 0.4) is 0 Å². The van der Waals surface area contributed by atoms with Gasteiger partial charge in [-0.1, -0.05) is 41.4 Å². The van der Waals surface area contributed by atoms with Crippen LogP contribution in [0.1, 0.15) is 44.3 Å². The van der Waals surface area contributed by atoms with Gasteiger partial charge in [0, 0.05) is 10.9 Å². The standard InChI is InChI=1S/C14H19BrO3/c1-2-3-10-18-14(17)9-8-13(16)11-4-6-12(15)7-5-11/h4-7,13,16H,2-3,8-10H2,1H3. The Morgan fingerprint density at radius 1 is 1.39 bits per heavy atom. The lowest BCUT2D eigenvalue weighted by molar-refractivity contribution is -0.144. The average molecular weight is 315 g/mol. The maximum Gasteiger partial charge on any atom is 0.305 e. The van der Waals surface area contributed by atoms with Gasteiger partial charge in [0.25, 0.3) is 0 Å². The van der Waals surface area contributed by atoms with Gasteiger partial charge < -0.3 is 9.84 Å². The van der Waals surface area contributed by atoms with Crippen LogP contribution in [0, 0.1) is 0 Å². The minimum absolute atomic E-state index is 0.236. The first-order valence-electron chi connectivity index (χ1n) is 6.22. The van der Waals surface area contributed by atoms with Crippen molar-refractivity contribution in [2.75, 3.05) is 6.61 Å². The Balaban J connectivity index is 2.30. The van der Waals surface area contributed by atoms with Crippen LogP contribution in [0.5, 0.6) is 0 Å². The molecule has 4 heteroatoms. The van der Waals surface area contributed by atoms with E-state index in [0.717, 1.165) is 22.9 Å². The minimum atomic E-state index is -0.614. The Kier molecular flexibility index (Phi) is 6.98. The van der Waals surface area contributed by atoms with Crippen LogP contribution in [0.4, 0.5) is 0 Å². The summed E-state index contributed by atoms with van der Waals surface area (Å²) in [4.78, 5) is 11.4. The van der Waals surface area contributed by atoms with Crippen molar-refractivity contribution >= 4 is 21.9 Å². The van der Waals surface area contributed by atoms with Crippen molar-refractivity contribution in [3.8, 4) is 0 Å². The van der Waals surface area contributed by atoms with Crippen molar-refractivity contribution in [2.24, 2.45) is 0 Å². The number of hydrogen-bond acceptors (Lipinski definition) is 3. The van der Waals surface area contributed by atoms with Crippen LogP contribution in [0.2, 0.25) is 0 Å². The van der Waals surface area contributed by atoms with Crippen molar-refractivity contribution in [2.45, 2.75) is 38.7 Å². The van der Waals surface area contributed by atoms with Gasteiger partial charge in [-0.05, 0) is 30.5 Å². The highest BCUT2D eigenvalue weighted by Crippen LogP contribution is 2.20. The van der Waals surface area contributed by atoms with Crippen molar-refractivity contribution in [3.63, 3.8) is 0 Å². The molecule has 0 bridgehead atoms. The lowest BCUT2D eigenvalue weighted by atomic mass is 10.1. The summed E-state index contributed by atoms with van der Waals surface area (Å²) in [5.41, 5.74) is 0.819. The number of unbranched alkanes of at least 4 members (excludes halogenated alkanes) is 1. The van der Waals surface area contributed by atoms with Gasteiger partial charge in [-0.15, -0.1) is 0 Å². The molecule has 1 aromatic rings. The third kappa shape index (κ3) is 5.65. The summed E-state index contributed by atoms with van der Waals surface area (Å²) < 4.78 is 6.00. The van der Waals surface area contributed by atoms with E-state index in [1.165, 1.54) is 0 Å². The molecule has 0 saturated carbocycles. The first kappa shape index (κ1) is 15.2. The third-order valence-corrected chi connectivity index (χ3v) is 3.17. The fourth-order valence-electron chi connectivity index (χ4n) is 1.51. The summed E-state index contributed by atoms with van der Waals surface area (Å²) in [6.45, 7) is 2.52. The Morgan fingerprint density at radius 3 is 2.67 bits per heavy atom. The molecule has 0 aliphatic carbocycles. The number of ether oxygens (including phenoxy) is 1. The molecular formula is C14H19BrO3. The lowest BCUT2D eigenvalue weighted by Gasteiger charge is -2.10. The predicted octanol–water partition coefficient (Wildman–Crippen LogP) is 3.61. The van der Waals surface area contributed by atoms with Crippen LogP contribution in [-0.4, -0.2) is 17.7 Å². The molecule has 0 saturated heterocycles. The number of carbonyl (C=O) groups excluding carboxylic acids is 1. The fourth-order valence-corrected chi connectivity index (χ4v) is 1.77. The molecule has 1 N–H and O–H groups in total. The summed E-state index contributed by atoms with van der Waals surface area (Å²) in [6.07, 6.45) is 1.93. The molecule has 0 aliphatic rings. The molecule has 0 heterocycles. The molecular weight excluding hydrogens is 296 g/mol. The molecule has 18 heavy (non-hydrogen) atoms. The summed E-state index contributed by atoms with van der Waals surface area (Å²) in [7, 11) is 0. The van der Waals surface area contributed by atoms with Gasteiger partial charge in [0.1, 0.15) is 0 Å². The molecule has 3 nitrogen and oxygen atoms in total. The van der Waals surface area contributed by atoms with E-state index in [1.54, 1.807) is 0 Å². The predicted molar refractivity (Wildman–Crippen MR) is 74.2 cm³/mol. The molecule has 100 valence electrons. The van der Waals surface area contributed by atoms with E-state index in [1.807, 2.05) is 31.2 Å². The van der Waals surface area contributed by atoms with Crippen molar-refractivity contribution in [1.82, 2.24) is 0 Å². The maximum atomic E-state index is 11.4. The molecule has 1 unspecified atom stereocenters. The number of hydrogen-bond donors (Lipinski definition) is 1. The highest BCUT2D eigenvalue weighted by atomic mass is 79.9. The number of benzene rings is 1. The molecule has 1 aromatic carbocycles. The third-order valence-electron chi connectivity index (χ3n) is 2.64. The van der Waals surface area contributed by atoms with Crippen molar-refractivity contribution in [3.05, 3.63) is 34.3 Å². The second-order valence-corrected chi connectivity index (χ2v) is 5.10. The van der Waals surface area contributed by atoms with Crippen LogP contribution in [0.25, 0.3) is 0 Å². The second kappa shape index (κ2) is 8.27. The summed E-state index contributed by atoms with van der Waals surface area (Å²) in [6, 6.07) is 7.44. The number of esters is 1. The topological polar surface area (TPSA) is 46.5 Å². The Labute approximate surface area is 116 Å². The van der Waals surface area contributed by atoms with E-state index in [4.69, 9.17) is 4.74 Å². The van der Waals surface area contributed by atoms with Gasteiger partial charge in [0.15, 0.2) is 0 Å². The maximum absolute atomic E-state index is 11.4. The van der Waals surface area contributed by atoms with Crippen LogP contribution < -0.4 is 0 Å². The molecule has 0 aliphatic heterocycles. The Morgan fingerprint density at radius 2 is 2.06 bits per heavy atom. The van der Waals surface area contributed by atoms with Gasteiger partial charge in [0.2, 0.25) is 0 Å². The van der Waals surface area contributed by atoms with Gasteiger partial charge in [-0.25, -0.2) is 0 Å². The van der Waals surface area contributed by atoms with Crippen molar-refractivity contribution in [1.29, 1.82) is 0 Å². The number of rotatable bonds is 7. The lowest BCUT2D eigenvalue weighted by Crippen LogP contribution is -2.08. The first-order valence-corrected chi connectivity index (χ1v) is 7.02. The quantitative estimate of drug-likeness (QED) is 0.618. The number of aliphatic hydroxyl groups excluding tert-OH is 1. The normalized spacial score (nSPS) is 12.2. The molecule has 0 aromatic heterocycles. The zero-order valence-corrected chi connectivity index (χ0v) is 12.1. The van der Waals surface area contributed by atoms with Gasteiger partial charge in [-0.3, -0.25) is 4.79 Å². The molecule has 0 fully saturated rings. The zero-order chi connectivity index (χ0) is 13.4. The number of aliphatic hydroxyl groups is 1. The largest absolute Gasteiger partial charge is 0.466 e. The zero-order valence-electron chi connectivity index (χ0n) is 10.6. The smallest absolute Gasteiger partial charge is 0.305 e. The van der Waals surface area contributed by atoms with Crippen molar-refractivity contribution < 1.29 is 14.6 Å². The Bertz CT molecular complexity index is 362. The van der Waals surface area contributed by atoms with Crippen LogP contribution in [-0.2, 0) is 9.53 Å². The van der Waals surface area contributed by atoms with Gasteiger partial charge >= 0.3 is 5.97 Å². The summed E-state index contributed by atoms with van der Waals surface area (Å²) >= 11 is 3.34. The molecule has 1 rings (SSSR count). The van der Waals surface area contributed by atoms with Gasteiger partial charge in [-0.2, -0.15) is 0 Å². The van der Waals surface area contributed by atoms with Crippen LogP contribution >= 0.6 is 15.9 Å². The molecule has 0 radical (unpaired) electrons. The molecule has 0 amide bonds. The SMILES string of the molecule is CCCCOC(=O)CCC(O)c1ccc(Br)cc1. The fraction of sp³-hybridized carbons (Fsp3) is 0.500. The first-order chi connectivity index (χ1) is 8.63. The average Bonchev–Trinajstić information content (AvgIpc) is 2.37. The van der Waals surface area contributed by atoms with E-state index in [2.05, 4.69) is 15.9 Å². The number of carbonyl (C=O) groups is 1. The van der Waals surface area contributed by atoms with E-state index in [0.29, 0.717) is 13.0 Å². The highest BCUT2D eigenvalue weighted by molar-refractivity contribution is 9.10. The monoisotopic (exact) mass is 314 g/mol. The van der Waals surface area contributed by atoms with Crippen LogP contribution in [0.15, 0.2) is 28.7 Å². The highest BCUT2D eigenvalue weighted by Gasteiger charge is 2.11. The minimum Gasteiger partial charge on any atom is -0.466 e. The van der Waals surface area contributed by atoms with E-state index in [-0.39, 0.29) is 12.4 Å². The Hall–Kier alpha value is -0.870. The van der Waals surface area contributed by atoms with E-state index < -0.39 is 6.10 Å². The van der Waals surface area contributed by atoms with E-state index in [9.17, 15) is 9.90 Å². The summed E-state index contributed by atoms with van der Waals surface area (Å²) in [5, 5.41) is 9.91. The van der Waals surface area contributed by atoms with Gasteiger partial charge in [0.05, 0.1) is 12.7 Å². The second-order valence-electron chi connectivity index (χ2n) is 4.18. The number of halogens is 1. The van der Waals surface area contributed by atoms with E-state index >= 15 is 0 Å². The molecule has 1 atom stereocenters.